The SMILES string of the molecule is [O-][S+]1C2=CC=C(OC3=c4[nH]ncc4=CC=CC3)CC(C(F)P)=C2C(O)C1(F)F. The van der Waals surface area contributed by atoms with E-state index >= 15 is 0 Å². The summed E-state index contributed by atoms with van der Waals surface area (Å²) in [5.41, 5.74) is -0.416. The molecule has 4 unspecified atom stereocenters. The number of allylic oxidation sites excluding steroid dienone is 4. The first-order chi connectivity index (χ1) is 13.3. The third-order valence-electron chi connectivity index (χ3n) is 4.69. The van der Waals surface area contributed by atoms with Crippen molar-refractivity contribution in [2.45, 2.75) is 30.1 Å². The monoisotopic (exact) mass is 428 g/mol. The van der Waals surface area contributed by atoms with Gasteiger partial charge in [0.15, 0.2) is 11.0 Å². The number of hydrogen-bond donors (Lipinski definition) is 2. The molecule has 4 rings (SSSR count). The third-order valence-corrected chi connectivity index (χ3v) is 6.56. The number of aromatic amines is 1. The summed E-state index contributed by atoms with van der Waals surface area (Å²) < 4.78 is 60.4. The average Bonchev–Trinajstić information content (AvgIpc) is 3.01. The fourth-order valence-electron chi connectivity index (χ4n) is 3.31. The molecule has 28 heavy (non-hydrogen) atoms. The number of halogens is 3. The first-order valence-electron chi connectivity index (χ1n) is 8.39. The molecule has 0 aromatic carbocycles. The fourth-order valence-corrected chi connectivity index (χ4v) is 4.85. The zero-order valence-corrected chi connectivity index (χ0v) is 16.3. The summed E-state index contributed by atoms with van der Waals surface area (Å²) in [7, 11) is 1.88. The van der Waals surface area contributed by atoms with Crippen LogP contribution in [0.4, 0.5) is 13.2 Å². The Morgan fingerprint density at radius 2 is 2.18 bits per heavy atom. The standard InChI is InChI=1S/C18H16F3N2O3PS/c19-17(27)11-7-10(5-6-13-14(11)16(24)18(20,21)28(13)25)26-12-4-2-1-3-9-8-22-23-15(9)12/h1-3,5-6,8,16-17,23-24H,4,7,27H2. The molecule has 1 aliphatic heterocycles. The summed E-state index contributed by atoms with van der Waals surface area (Å²) in [6.45, 7) is 0. The quantitative estimate of drug-likeness (QED) is 0.567. The molecule has 1 saturated heterocycles. The Kier molecular flexibility index (Phi) is 5.03. The molecule has 0 radical (unpaired) electrons. The molecule has 4 atom stereocenters. The van der Waals surface area contributed by atoms with Gasteiger partial charge in [0.25, 0.3) is 0 Å². The zero-order chi connectivity index (χ0) is 20.1. The van der Waals surface area contributed by atoms with Crippen molar-refractivity contribution >= 4 is 32.3 Å². The number of alkyl halides is 3. The van der Waals surface area contributed by atoms with Crippen molar-refractivity contribution in [1.82, 2.24) is 10.2 Å². The van der Waals surface area contributed by atoms with Crippen molar-refractivity contribution < 1.29 is 27.6 Å². The smallest absolute Gasteiger partial charge is 0.442 e. The Bertz CT molecular complexity index is 1060. The molecular weight excluding hydrogens is 412 g/mol. The number of nitrogens with one attached hydrogen (secondary N) is 1. The Hall–Kier alpha value is -1.80. The molecule has 10 heteroatoms. The van der Waals surface area contributed by atoms with Crippen molar-refractivity contribution in [3.05, 3.63) is 62.9 Å². The lowest BCUT2D eigenvalue weighted by Gasteiger charge is -2.17. The van der Waals surface area contributed by atoms with Crippen molar-refractivity contribution in [1.29, 1.82) is 0 Å². The van der Waals surface area contributed by atoms with Gasteiger partial charge in [0.05, 0.1) is 22.9 Å². The highest BCUT2D eigenvalue weighted by Crippen LogP contribution is 2.50. The summed E-state index contributed by atoms with van der Waals surface area (Å²) >= 11 is -2.78. The van der Waals surface area contributed by atoms with Crippen LogP contribution in [0.15, 0.2) is 52.3 Å². The maximum Gasteiger partial charge on any atom is 0.442 e. The highest BCUT2D eigenvalue weighted by atomic mass is 32.2. The van der Waals surface area contributed by atoms with E-state index in [2.05, 4.69) is 10.2 Å². The number of ether oxygens (including phenoxy) is 1. The van der Waals surface area contributed by atoms with Crippen LogP contribution in [0.2, 0.25) is 0 Å². The van der Waals surface area contributed by atoms with Crippen LogP contribution in [0.25, 0.3) is 11.8 Å². The van der Waals surface area contributed by atoms with Crippen molar-refractivity contribution in [2.75, 3.05) is 0 Å². The van der Waals surface area contributed by atoms with Gasteiger partial charge < -0.3 is 14.4 Å². The van der Waals surface area contributed by atoms with Gasteiger partial charge >= 0.3 is 5.25 Å². The van der Waals surface area contributed by atoms with E-state index in [9.17, 15) is 22.8 Å². The number of aliphatic hydroxyl groups is 1. The van der Waals surface area contributed by atoms with Crippen LogP contribution in [0.1, 0.15) is 12.8 Å². The molecular formula is C18H16F3N2O3PS. The van der Waals surface area contributed by atoms with Crippen LogP contribution in [0.5, 0.6) is 0 Å². The van der Waals surface area contributed by atoms with Gasteiger partial charge in [0.1, 0.15) is 22.8 Å². The Balaban J connectivity index is 1.77. The molecule has 1 aromatic rings. The lowest BCUT2D eigenvalue weighted by atomic mass is 10.0. The van der Waals surface area contributed by atoms with Gasteiger partial charge in [-0.05, 0) is 17.7 Å². The van der Waals surface area contributed by atoms with E-state index < -0.39 is 28.4 Å². The van der Waals surface area contributed by atoms with E-state index in [-0.39, 0.29) is 28.2 Å². The Labute approximate surface area is 163 Å². The molecule has 0 bridgehead atoms. The first-order valence-corrected chi connectivity index (χ1v) is 10.2. The van der Waals surface area contributed by atoms with Crippen LogP contribution in [-0.2, 0) is 15.9 Å². The first kappa shape index (κ1) is 19.5. The number of fused-ring (bicyclic) bond motifs is 2. The minimum atomic E-state index is -3.86. The van der Waals surface area contributed by atoms with Crippen LogP contribution in [0, 0.1) is 0 Å². The van der Waals surface area contributed by atoms with E-state index in [0.29, 0.717) is 17.5 Å². The molecule has 2 heterocycles. The highest BCUT2D eigenvalue weighted by molar-refractivity contribution is 7.97. The van der Waals surface area contributed by atoms with Gasteiger partial charge in [-0.1, -0.05) is 27.5 Å². The molecule has 0 amide bonds. The van der Waals surface area contributed by atoms with Crippen molar-refractivity contribution in [3.8, 4) is 0 Å². The molecule has 1 fully saturated rings. The predicted octanol–water partition coefficient (Wildman–Crippen LogP) is 1.63. The summed E-state index contributed by atoms with van der Waals surface area (Å²) in [4.78, 5) is -0.280. The minimum Gasteiger partial charge on any atom is -0.607 e. The highest BCUT2D eigenvalue weighted by Gasteiger charge is 2.63. The number of rotatable bonds is 3. The number of hydrogen-bond acceptors (Lipinski definition) is 4. The van der Waals surface area contributed by atoms with Crippen LogP contribution < -0.4 is 10.6 Å². The van der Waals surface area contributed by atoms with E-state index in [4.69, 9.17) is 4.74 Å². The molecule has 2 aliphatic carbocycles. The molecule has 5 nitrogen and oxygen atoms in total. The van der Waals surface area contributed by atoms with Gasteiger partial charge in [-0.25, -0.2) is 4.39 Å². The lowest BCUT2D eigenvalue weighted by molar-refractivity contribution is -0.0139. The molecule has 0 spiro atoms. The minimum absolute atomic E-state index is 0.0980. The van der Waals surface area contributed by atoms with Gasteiger partial charge in [0, 0.05) is 18.1 Å². The number of nitrogens with zero attached hydrogens (tertiary/aromatic N) is 1. The zero-order valence-electron chi connectivity index (χ0n) is 14.4. The van der Waals surface area contributed by atoms with Crippen LogP contribution in [-0.4, -0.2) is 37.1 Å². The Morgan fingerprint density at radius 3 is 2.93 bits per heavy atom. The topological polar surface area (TPSA) is 81.2 Å². The second-order valence-electron chi connectivity index (χ2n) is 6.44. The van der Waals surface area contributed by atoms with Gasteiger partial charge in [-0.2, -0.15) is 13.9 Å². The van der Waals surface area contributed by atoms with Gasteiger partial charge in [-0.3, -0.25) is 5.10 Å². The van der Waals surface area contributed by atoms with Gasteiger partial charge in [-0.15, -0.1) is 0 Å². The van der Waals surface area contributed by atoms with Crippen LogP contribution >= 0.6 is 9.24 Å². The largest absolute Gasteiger partial charge is 0.607 e. The van der Waals surface area contributed by atoms with E-state index in [1.165, 1.54) is 12.2 Å². The van der Waals surface area contributed by atoms with Gasteiger partial charge in [0.2, 0.25) is 0 Å². The van der Waals surface area contributed by atoms with E-state index in [1.54, 1.807) is 6.20 Å². The molecule has 2 N–H and O–H groups in total. The molecule has 1 aromatic heterocycles. The molecule has 0 saturated carbocycles. The maximum atomic E-state index is 14.3. The normalized spacial score (nSPS) is 27.1. The fraction of sp³-hybridized carbons (Fsp3) is 0.278. The second-order valence-corrected chi connectivity index (χ2v) is 8.55. The number of H-pyrrole nitrogens is 1. The van der Waals surface area contributed by atoms with Crippen molar-refractivity contribution in [2.24, 2.45) is 0 Å². The third kappa shape index (κ3) is 3.16. The van der Waals surface area contributed by atoms with Crippen LogP contribution in [0.3, 0.4) is 0 Å². The predicted molar refractivity (Wildman–Crippen MR) is 102 cm³/mol. The average molecular weight is 428 g/mol. The van der Waals surface area contributed by atoms with E-state index in [1.807, 2.05) is 27.5 Å². The summed E-state index contributed by atoms with van der Waals surface area (Å²) in [6.07, 6.45) is 7.79. The lowest BCUT2D eigenvalue weighted by Crippen LogP contribution is -2.34. The Morgan fingerprint density at radius 1 is 1.39 bits per heavy atom. The van der Waals surface area contributed by atoms with E-state index in [0.717, 1.165) is 5.22 Å². The summed E-state index contributed by atoms with van der Waals surface area (Å²) in [5.74, 6) is -0.892. The second kappa shape index (κ2) is 7.22. The summed E-state index contributed by atoms with van der Waals surface area (Å²) in [5, 5.41) is 14.4. The number of aromatic nitrogens is 2. The van der Waals surface area contributed by atoms with Crippen molar-refractivity contribution in [3.63, 3.8) is 0 Å². The molecule has 3 aliphatic rings. The molecule has 148 valence electrons. The number of aliphatic hydroxyl groups excluding tert-OH is 1. The maximum absolute atomic E-state index is 14.3. The summed E-state index contributed by atoms with van der Waals surface area (Å²) in [6, 6.07) is 0.